The van der Waals surface area contributed by atoms with Crippen molar-refractivity contribution in [2.45, 2.75) is 39.2 Å². The van der Waals surface area contributed by atoms with Crippen molar-refractivity contribution in [3.05, 3.63) is 47.4 Å². The minimum Gasteiger partial charge on any atom is -0.339 e. The summed E-state index contributed by atoms with van der Waals surface area (Å²) in [6.45, 7) is 4.24. The lowest BCUT2D eigenvalue weighted by Crippen LogP contribution is -2.24. The predicted molar refractivity (Wildman–Crippen MR) is 74.6 cm³/mol. The Labute approximate surface area is 118 Å². The normalized spacial score (nSPS) is 12.8. The molecule has 1 atom stereocenters. The van der Waals surface area contributed by atoms with Crippen molar-refractivity contribution >= 4 is 0 Å². The molecule has 1 heterocycles. The molecule has 2 rings (SSSR count). The fourth-order valence-corrected chi connectivity index (χ4v) is 2.17. The van der Waals surface area contributed by atoms with E-state index in [1.807, 2.05) is 0 Å². The molecule has 0 aliphatic carbocycles. The lowest BCUT2D eigenvalue weighted by atomic mass is 10.0. The highest BCUT2D eigenvalue weighted by Crippen LogP contribution is 2.12. The molecule has 1 aromatic heterocycles. The Bertz CT molecular complexity index is 554. The van der Waals surface area contributed by atoms with E-state index in [1.54, 1.807) is 18.2 Å². The fraction of sp³-hybridized carbons (Fsp3) is 0.467. The summed E-state index contributed by atoms with van der Waals surface area (Å²) >= 11 is 0. The molecule has 0 saturated heterocycles. The third-order valence-corrected chi connectivity index (χ3v) is 3.03. The number of aromatic nitrogens is 2. The molecule has 1 aromatic carbocycles. The summed E-state index contributed by atoms with van der Waals surface area (Å²) in [7, 11) is 0. The van der Waals surface area contributed by atoms with Crippen LogP contribution in [0.1, 0.15) is 37.5 Å². The Kier molecular flexibility index (Phi) is 4.84. The van der Waals surface area contributed by atoms with Gasteiger partial charge in [-0.25, -0.2) is 4.39 Å². The quantitative estimate of drug-likeness (QED) is 0.881. The summed E-state index contributed by atoms with van der Waals surface area (Å²) in [5.41, 5.74) is 6.57. The number of rotatable bonds is 6. The molecule has 2 N–H and O–H groups in total. The van der Waals surface area contributed by atoms with Crippen LogP contribution in [0.15, 0.2) is 28.8 Å². The predicted octanol–water partition coefficient (Wildman–Crippen LogP) is 2.72. The van der Waals surface area contributed by atoms with E-state index in [9.17, 15) is 4.39 Å². The number of nitrogens with two attached hydrogens (primary N) is 1. The third kappa shape index (κ3) is 4.13. The van der Waals surface area contributed by atoms with Gasteiger partial charge in [0.15, 0.2) is 5.82 Å². The number of hydrogen-bond donors (Lipinski definition) is 1. The van der Waals surface area contributed by atoms with Crippen LogP contribution < -0.4 is 5.73 Å². The minimum absolute atomic E-state index is 0.0109. The van der Waals surface area contributed by atoms with E-state index >= 15 is 0 Å². The average Bonchev–Trinajstić information content (AvgIpc) is 2.78. The maximum atomic E-state index is 13.5. The maximum Gasteiger partial charge on any atom is 0.228 e. The molecule has 108 valence electrons. The molecule has 0 amide bonds. The molecule has 4 nitrogen and oxygen atoms in total. The Morgan fingerprint density at radius 3 is 2.75 bits per heavy atom. The van der Waals surface area contributed by atoms with Gasteiger partial charge in [0, 0.05) is 18.9 Å². The van der Waals surface area contributed by atoms with E-state index in [0.717, 1.165) is 6.42 Å². The summed E-state index contributed by atoms with van der Waals surface area (Å²) in [6, 6.07) is 6.60. The zero-order valence-electron chi connectivity index (χ0n) is 11.8. The van der Waals surface area contributed by atoms with E-state index in [2.05, 4.69) is 24.0 Å². The molecule has 2 aromatic rings. The number of hydrogen-bond acceptors (Lipinski definition) is 4. The lowest BCUT2D eigenvalue weighted by Gasteiger charge is -2.10. The number of nitrogens with zero attached hydrogens (tertiary/aromatic N) is 2. The Morgan fingerprint density at radius 2 is 2.05 bits per heavy atom. The zero-order chi connectivity index (χ0) is 14.5. The van der Waals surface area contributed by atoms with Gasteiger partial charge >= 0.3 is 0 Å². The van der Waals surface area contributed by atoms with Gasteiger partial charge < -0.3 is 10.3 Å². The molecule has 5 heteroatoms. The summed E-state index contributed by atoms with van der Waals surface area (Å²) < 4.78 is 18.7. The molecule has 0 fully saturated rings. The van der Waals surface area contributed by atoms with Crippen LogP contribution in [0.25, 0.3) is 0 Å². The molecule has 0 bridgehead atoms. The Morgan fingerprint density at radius 1 is 1.30 bits per heavy atom. The second kappa shape index (κ2) is 6.61. The van der Waals surface area contributed by atoms with Crippen LogP contribution in [-0.2, 0) is 12.8 Å². The van der Waals surface area contributed by atoms with Crippen molar-refractivity contribution in [3.8, 4) is 0 Å². The second-order valence-electron chi connectivity index (χ2n) is 5.47. The van der Waals surface area contributed by atoms with E-state index in [1.165, 1.54) is 6.07 Å². The van der Waals surface area contributed by atoms with Gasteiger partial charge in [0.1, 0.15) is 5.82 Å². The van der Waals surface area contributed by atoms with E-state index in [-0.39, 0.29) is 11.9 Å². The first-order valence-electron chi connectivity index (χ1n) is 6.85. The van der Waals surface area contributed by atoms with Crippen molar-refractivity contribution in [1.82, 2.24) is 10.1 Å². The molecular weight excluding hydrogens is 257 g/mol. The molecule has 0 spiro atoms. The summed E-state index contributed by atoms with van der Waals surface area (Å²) in [4.78, 5) is 4.27. The first-order chi connectivity index (χ1) is 9.54. The van der Waals surface area contributed by atoms with E-state index < -0.39 is 0 Å². The Hall–Kier alpha value is -1.75. The topological polar surface area (TPSA) is 64.9 Å². The van der Waals surface area contributed by atoms with Crippen LogP contribution in [0.4, 0.5) is 4.39 Å². The highest BCUT2D eigenvalue weighted by atomic mass is 19.1. The van der Waals surface area contributed by atoms with Gasteiger partial charge in [0.05, 0.1) is 0 Å². The van der Waals surface area contributed by atoms with Crippen molar-refractivity contribution in [3.63, 3.8) is 0 Å². The van der Waals surface area contributed by atoms with Gasteiger partial charge in [-0.05, 0) is 24.0 Å². The van der Waals surface area contributed by atoms with E-state index in [4.69, 9.17) is 10.3 Å². The molecule has 1 unspecified atom stereocenters. The maximum absolute atomic E-state index is 13.5. The van der Waals surface area contributed by atoms with Gasteiger partial charge in [-0.15, -0.1) is 0 Å². The smallest absolute Gasteiger partial charge is 0.228 e. The standard InChI is InChI=1S/C15H20FN3O/c1-10(2)7-12(17)9-15-18-14(19-20-15)8-11-5-3-4-6-13(11)16/h3-6,10,12H,7-9,17H2,1-2H3. The van der Waals surface area contributed by atoms with Crippen LogP contribution in [0, 0.1) is 11.7 Å². The van der Waals surface area contributed by atoms with Crippen molar-refractivity contribution in [2.75, 3.05) is 0 Å². The zero-order valence-corrected chi connectivity index (χ0v) is 11.8. The van der Waals surface area contributed by atoms with Crippen LogP contribution in [-0.4, -0.2) is 16.2 Å². The average molecular weight is 277 g/mol. The number of benzene rings is 1. The van der Waals surface area contributed by atoms with E-state index in [0.29, 0.717) is 36.0 Å². The molecule has 20 heavy (non-hydrogen) atoms. The van der Waals surface area contributed by atoms with Gasteiger partial charge in [0.2, 0.25) is 5.89 Å². The van der Waals surface area contributed by atoms with Gasteiger partial charge in [-0.1, -0.05) is 37.2 Å². The summed E-state index contributed by atoms with van der Waals surface area (Å²) in [5.74, 6) is 1.28. The fourth-order valence-electron chi connectivity index (χ4n) is 2.17. The monoisotopic (exact) mass is 277 g/mol. The van der Waals surface area contributed by atoms with Crippen molar-refractivity contribution in [2.24, 2.45) is 11.7 Å². The SMILES string of the molecule is CC(C)CC(N)Cc1nc(Cc2ccccc2F)no1. The first-order valence-corrected chi connectivity index (χ1v) is 6.85. The molecule has 0 aliphatic rings. The summed E-state index contributed by atoms with van der Waals surface area (Å²) in [6.07, 6.45) is 1.79. The lowest BCUT2D eigenvalue weighted by molar-refractivity contribution is 0.355. The summed E-state index contributed by atoms with van der Waals surface area (Å²) in [5, 5.41) is 3.88. The third-order valence-electron chi connectivity index (χ3n) is 3.03. The minimum atomic E-state index is -0.254. The van der Waals surface area contributed by atoms with Crippen molar-refractivity contribution in [1.29, 1.82) is 0 Å². The molecular formula is C15H20FN3O. The van der Waals surface area contributed by atoms with Gasteiger partial charge in [-0.3, -0.25) is 0 Å². The second-order valence-corrected chi connectivity index (χ2v) is 5.47. The van der Waals surface area contributed by atoms with Crippen LogP contribution in [0.5, 0.6) is 0 Å². The first kappa shape index (κ1) is 14.7. The van der Waals surface area contributed by atoms with Crippen LogP contribution in [0.2, 0.25) is 0 Å². The highest BCUT2D eigenvalue weighted by Gasteiger charge is 2.13. The molecule has 0 radical (unpaired) electrons. The number of halogens is 1. The van der Waals surface area contributed by atoms with Crippen LogP contribution in [0.3, 0.4) is 0 Å². The Balaban J connectivity index is 1.97. The van der Waals surface area contributed by atoms with Crippen LogP contribution >= 0.6 is 0 Å². The van der Waals surface area contributed by atoms with Crippen molar-refractivity contribution < 1.29 is 8.91 Å². The molecule has 0 saturated carbocycles. The van der Waals surface area contributed by atoms with Gasteiger partial charge in [0.25, 0.3) is 0 Å². The largest absolute Gasteiger partial charge is 0.339 e. The molecule has 0 aliphatic heterocycles. The van der Waals surface area contributed by atoms with Gasteiger partial charge in [-0.2, -0.15) is 4.98 Å². The highest BCUT2D eigenvalue weighted by molar-refractivity contribution is 5.20.